The minimum absolute atomic E-state index is 0.149. The molecule has 25 heavy (non-hydrogen) atoms. The van der Waals surface area contributed by atoms with E-state index in [-0.39, 0.29) is 6.61 Å². The third-order valence-corrected chi connectivity index (χ3v) is 3.46. The van der Waals surface area contributed by atoms with Crippen molar-refractivity contribution in [3.05, 3.63) is 84.0 Å². The lowest BCUT2D eigenvalue weighted by atomic mass is 10.2. The molecule has 0 bridgehead atoms. The second-order valence-electron chi connectivity index (χ2n) is 5.18. The molecule has 1 heterocycles. The van der Waals surface area contributed by atoms with E-state index in [0.717, 1.165) is 17.0 Å². The molecule has 0 saturated heterocycles. The first-order chi connectivity index (χ1) is 12.2. The third kappa shape index (κ3) is 4.54. The van der Waals surface area contributed by atoms with Gasteiger partial charge in [-0.3, -0.25) is 0 Å². The standard InChI is InChI=1S/C19H17N3O3/c1-24-18-9-7-15(8-10-18)14-25-19(23)21-16-11-12-22(20-13-16)17-5-3-2-4-6-17/h2-13H,14H2,1H3. The summed E-state index contributed by atoms with van der Waals surface area (Å²) in [6, 6.07) is 18.7. The molecule has 3 aromatic rings. The molecule has 0 aliphatic carbocycles. The van der Waals surface area contributed by atoms with Crippen molar-refractivity contribution in [2.24, 2.45) is 4.99 Å². The molecule has 6 nitrogen and oxygen atoms in total. The maximum atomic E-state index is 11.8. The van der Waals surface area contributed by atoms with E-state index in [1.165, 1.54) is 6.20 Å². The van der Waals surface area contributed by atoms with E-state index in [1.807, 2.05) is 54.6 Å². The van der Waals surface area contributed by atoms with E-state index in [1.54, 1.807) is 24.1 Å². The van der Waals surface area contributed by atoms with Gasteiger partial charge in [-0.2, -0.15) is 10.1 Å². The molecular weight excluding hydrogens is 318 g/mol. The Morgan fingerprint density at radius 2 is 1.84 bits per heavy atom. The number of rotatable bonds is 4. The van der Waals surface area contributed by atoms with Crippen LogP contribution in [-0.2, 0) is 11.3 Å². The zero-order valence-electron chi connectivity index (χ0n) is 13.7. The number of hydrogen-bond acceptors (Lipinski definition) is 4. The molecule has 1 amide bonds. The van der Waals surface area contributed by atoms with E-state index in [0.29, 0.717) is 5.36 Å². The minimum Gasteiger partial charge on any atom is -0.497 e. The molecule has 0 atom stereocenters. The number of benzene rings is 2. The SMILES string of the molecule is COc1ccc(COC(=O)N=c2ccn(-c3ccccc3)nc2)cc1. The summed E-state index contributed by atoms with van der Waals surface area (Å²) in [7, 11) is 1.60. The van der Waals surface area contributed by atoms with E-state index in [2.05, 4.69) is 10.1 Å². The Labute approximate surface area is 145 Å². The van der Waals surface area contributed by atoms with Crippen molar-refractivity contribution in [3.8, 4) is 11.4 Å². The average Bonchev–Trinajstić information content (AvgIpc) is 2.68. The molecule has 6 heteroatoms. The molecule has 0 N–H and O–H groups in total. The Kier molecular flexibility index (Phi) is 5.21. The number of carbonyl (C=O) groups excluding carboxylic acids is 1. The molecule has 0 fully saturated rings. The van der Waals surface area contributed by atoms with Gasteiger partial charge in [0.25, 0.3) is 0 Å². The van der Waals surface area contributed by atoms with Crippen LogP contribution in [0.4, 0.5) is 4.79 Å². The highest BCUT2D eigenvalue weighted by Crippen LogP contribution is 2.12. The van der Waals surface area contributed by atoms with E-state index in [9.17, 15) is 4.79 Å². The third-order valence-electron chi connectivity index (χ3n) is 3.46. The topological polar surface area (TPSA) is 65.7 Å². The van der Waals surface area contributed by atoms with Gasteiger partial charge < -0.3 is 9.47 Å². The number of aromatic nitrogens is 2. The van der Waals surface area contributed by atoms with Crippen LogP contribution in [0, 0.1) is 0 Å². The van der Waals surface area contributed by atoms with Crippen LogP contribution in [0.25, 0.3) is 5.69 Å². The first kappa shape index (κ1) is 16.4. The molecule has 0 saturated carbocycles. The van der Waals surface area contributed by atoms with Gasteiger partial charge in [-0.25, -0.2) is 9.48 Å². The summed E-state index contributed by atoms with van der Waals surface area (Å²) in [6.07, 6.45) is 2.60. The van der Waals surface area contributed by atoms with Crippen LogP contribution < -0.4 is 10.1 Å². The summed E-state index contributed by atoms with van der Waals surface area (Å²) in [5.74, 6) is 0.752. The van der Waals surface area contributed by atoms with Crippen LogP contribution in [0.3, 0.4) is 0 Å². The van der Waals surface area contributed by atoms with Crippen LogP contribution in [-0.4, -0.2) is 23.0 Å². The molecule has 0 radical (unpaired) electrons. The zero-order valence-corrected chi connectivity index (χ0v) is 13.7. The molecule has 0 aliphatic rings. The van der Waals surface area contributed by atoms with Gasteiger partial charge in [0, 0.05) is 6.20 Å². The summed E-state index contributed by atoms with van der Waals surface area (Å²) < 4.78 is 11.9. The molecule has 1 aromatic heterocycles. The second-order valence-corrected chi connectivity index (χ2v) is 5.18. The largest absolute Gasteiger partial charge is 0.497 e. The molecule has 0 aliphatic heterocycles. The fourth-order valence-corrected chi connectivity index (χ4v) is 2.15. The number of nitrogens with zero attached hydrogens (tertiary/aromatic N) is 3. The maximum absolute atomic E-state index is 11.8. The van der Waals surface area contributed by atoms with Crippen LogP contribution in [0.5, 0.6) is 5.75 Å². The number of methoxy groups -OCH3 is 1. The molecule has 0 unspecified atom stereocenters. The lowest BCUT2D eigenvalue weighted by Crippen LogP contribution is -2.12. The van der Waals surface area contributed by atoms with Gasteiger partial charge in [-0.05, 0) is 35.9 Å². The van der Waals surface area contributed by atoms with Crippen LogP contribution in [0.2, 0.25) is 0 Å². The van der Waals surface area contributed by atoms with Crippen molar-refractivity contribution in [2.45, 2.75) is 6.61 Å². The summed E-state index contributed by atoms with van der Waals surface area (Å²) in [6.45, 7) is 0.149. The van der Waals surface area contributed by atoms with Crippen molar-refractivity contribution >= 4 is 6.09 Å². The normalized spacial score (nSPS) is 11.2. The highest BCUT2D eigenvalue weighted by atomic mass is 16.5. The number of amides is 1. The fourth-order valence-electron chi connectivity index (χ4n) is 2.15. The molecular formula is C19H17N3O3. The number of para-hydroxylation sites is 1. The summed E-state index contributed by atoms with van der Waals surface area (Å²) in [5.41, 5.74) is 1.79. The van der Waals surface area contributed by atoms with Crippen molar-refractivity contribution in [2.75, 3.05) is 7.11 Å². The van der Waals surface area contributed by atoms with E-state index < -0.39 is 6.09 Å². The second kappa shape index (κ2) is 7.92. The highest BCUT2D eigenvalue weighted by molar-refractivity contribution is 5.68. The van der Waals surface area contributed by atoms with Gasteiger partial charge in [-0.15, -0.1) is 0 Å². The monoisotopic (exact) mass is 335 g/mol. The first-order valence-corrected chi connectivity index (χ1v) is 7.69. The lowest BCUT2D eigenvalue weighted by molar-refractivity contribution is 0.150. The van der Waals surface area contributed by atoms with Crippen molar-refractivity contribution in [3.63, 3.8) is 0 Å². The fraction of sp³-hybridized carbons (Fsp3) is 0.105. The Morgan fingerprint density at radius 3 is 2.48 bits per heavy atom. The summed E-state index contributed by atoms with van der Waals surface area (Å²) >= 11 is 0. The van der Waals surface area contributed by atoms with Crippen LogP contribution in [0.15, 0.2) is 78.0 Å². The number of hydrogen-bond donors (Lipinski definition) is 0. The predicted octanol–water partition coefficient (Wildman–Crippen LogP) is 3.12. The van der Waals surface area contributed by atoms with Gasteiger partial charge in [0.15, 0.2) is 0 Å². The highest BCUT2D eigenvalue weighted by Gasteiger charge is 2.01. The molecule has 2 aromatic carbocycles. The maximum Gasteiger partial charge on any atom is 0.434 e. The van der Waals surface area contributed by atoms with Gasteiger partial charge in [0.1, 0.15) is 12.4 Å². The molecule has 0 spiro atoms. The zero-order chi connectivity index (χ0) is 17.5. The Bertz CT molecular complexity index is 883. The average molecular weight is 335 g/mol. The van der Waals surface area contributed by atoms with Crippen molar-refractivity contribution in [1.29, 1.82) is 0 Å². The summed E-state index contributed by atoms with van der Waals surface area (Å²) in [4.78, 5) is 15.7. The number of carbonyl (C=O) groups is 1. The van der Waals surface area contributed by atoms with E-state index in [4.69, 9.17) is 9.47 Å². The van der Waals surface area contributed by atoms with E-state index >= 15 is 0 Å². The first-order valence-electron chi connectivity index (χ1n) is 7.69. The summed E-state index contributed by atoms with van der Waals surface area (Å²) in [5, 5.41) is 4.68. The van der Waals surface area contributed by atoms with Crippen molar-refractivity contribution in [1.82, 2.24) is 9.78 Å². The smallest absolute Gasteiger partial charge is 0.434 e. The quantitative estimate of drug-likeness (QED) is 0.735. The van der Waals surface area contributed by atoms with Gasteiger partial charge in [0.2, 0.25) is 0 Å². The van der Waals surface area contributed by atoms with Crippen LogP contribution >= 0.6 is 0 Å². The molecule has 126 valence electrons. The van der Waals surface area contributed by atoms with Gasteiger partial charge in [0.05, 0.1) is 24.4 Å². The van der Waals surface area contributed by atoms with Gasteiger partial charge in [-0.1, -0.05) is 30.3 Å². The van der Waals surface area contributed by atoms with Crippen molar-refractivity contribution < 1.29 is 14.3 Å². The van der Waals surface area contributed by atoms with Crippen LogP contribution in [0.1, 0.15) is 5.56 Å². The number of ether oxygens (including phenoxy) is 2. The molecule has 3 rings (SSSR count). The Balaban J connectivity index is 1.62. The minimum atomic E-state index is -0.657. The Hall–Kier alpha value is -3.41. The van der Waals surface area contributed by atoms with Gasteiger partial charge >= 0.3 is 6.09 Å². The Morgan fingerprint density at radius 1 is 1.08 bits per heavy atom. The lowest BCUT2D eigenvalue weighted by Gasteiger charge is -2.04. The predicted molar refractivity (Wildman–Crippen MR) is 92.3 cm³/mol.